The molecule has 0 bridgehead atoms. The molecule has 2 aromatic rings. The molecule has 1 aliphatic carbocycles. The summed E-state index contributed by atoms with van der Waals surface area (Å²) in [6, 6.07) is 13.5. The molecule has 0 unspecified atom stereocenters. The molecule has 0 atom stereocenters. The fourth-order valence-electron chi connectivity index (χ4n) is 3.44. The molecule has 0 radical (unpaired) electrons. The molecule has 26 heavy (non-hydrogen) atoms. The van der Waals surface area contributed by atoms with Crippen LogP contribution in [0.15, 0.2) is 48.5 Å². The summed E-state index contributed by atoms with van der Waals surface area (Å²) in [4.78, 5) is 17.2. The van der Waals surface area contributed by atoms with Gasteiger partial charge in [0.2, 0.25) is 0 Å². The van der Waals surface area contributed by atoms with E-state index in [0.717, 1.165) is 43.5 Å². The molecular formula is C21H24FN3O. The third kappa shape index (κ3) is 4.22. The lowest BCUT2D eigenvalue weighted by Gasteiger charge is -2.36. The number of carbonyl (C=O) groups is 1. The van der Waals surface area contributed by atoms with Crippen LogP contribution in [0.1, 0.15) is 23.2 Å². The van der Waals surface area contributed by atoms with E-state index in [1.807, 2.05) is 18.2 Å². The summed E-state index contributed by atoms with van der Waals surface area (Å²) in [5, 5.41) is 2.90. The zero-order chi connectivity index (χ0) is 17.9. The van der Waals surface area contributed by atoms with Crippen LogP contribution in [0.5, 0.6) is 0 Å². The van der Waals surface area contributed by atoms with Crippen LogP contribution in [0.4, 0.5) is 15.8 Å². The van der Waals surface area contributed by atoms with Gasteiger partial charge in [0, 0.05) is 49.7 Å². The summed E-state index contributed by atoms with van der Waals surface area (Å²) in [6.45, 7) is 5.48. The van der Waals surface area contributed by atoms with Crippen LogP contribution >= 0.6 is 0 Å². The number of halogens is 1. The van der Waals surface area contributed by atoms with E-state index >= 15 is 0 Å². The van der Waals surface area contributed by atoms with Gasteiger partial charge in [-0.05, 0) is 61.2 Å². The lowest BCUT2D eigenvalue weighted by Crippen LogP contribution is -2.47. The Morgan fingerprint density at radius 1 is 1.04 bits per heavy atom. The van der Waals surface area contributed by atoms with Crippen molar-refractivity contribution in [1.29, 1.82) is 0 Å². The smallest absolute Gasteiger partial charge is 0.255 e. The Morgan fingerprint density at radius 2 is 1.77 bits per heavy atom. The van der Waals surface area contributed by atoms with Crippen LogP contribution in [0, 0.1) is 11.7 Å². The lowest BCUT2D eigenvalue weighted by atomic mass is 10.2. The minimum Gasteiger partial charge on any atom is -0.369 e. The third-order valence-corrected chi connectivity index (χ3v) is 5.16. The van der Waals surface area contributed by atoms with Gasteiger partial charge in [0.25, 0.3) is 5.91 Å². The quantitative estimate of drug-likeness (QED) is 0.892. The SMILES string of the molecule is O=C(Nc1cccc(N2CCN(CC3CC3)CC2)c1)c1ccc(F)cc1. The predicted octanol–water partition coefficient (Wildman–Crippen LogP) is 3.61. The summed E-state index contributed by atoms with van der Waals surface area (Å²) in [6.07, 6.45) is 2.80. The lowest BCUT2D eigenvalue weighted by molar-refractivity contribution is 0.102. The highest BCUT2D eigenvalue weighted by atomic mass is 19.1. The molecule has 1 heterocycles. The van der Waals surface area contributed by atoms with Gasteiger partial charge in [-0.1, -0.05) is 6.07 Å². The summed E-state index contributed by atoms with van der Waals surface area (Å²) in [5.74, 6) is 0.368. The Labute approximate surface area is 153 Å². The van der Waals surface area contributed by atoms with Crippen molar-refractivity contribution in [2.75, 3.05) is 42.9 Å². The number of carbonyl (C=O) groups excluding carboxylic acids is 1. The first-order valence-electron chi connectivity index (χ1n) is 9.32. The summed E-state index contributed by atoms with van der Waals surface area (Å²) < 4.78 is 13.0. The summed E-state index contributed by atoms with van der Waals surface area (Å²) in [5.41, 5.74) is 2.34. The average Bonchev–Trinajstić information content (AvgIpc) is 3.47. The largest absolute Gasteiger partial charge is 0.369 e. The minimum atomic E-state index is -0.343. The molecule has 5 heteroatoms. The van der Waals surface area contributed by atoms with Crippen molar-refractivity contribution >= 4 is 17.3 Å². The van der Waals surface area contributed by atoms with Crippen LogP contribution < -0.4 is 10.2 Å². The van der Waals surface area contributed by atoms with E-state index in [2.05, 4.69) is 21.2 Å². The summed E-state index contributed by atoms with van der Waals surface area (Å²) in [7, 11) is 0. The Balaban J connectivity index is 1.37. The maximum Gasteiger partial charge on any atom is 0.255 e. The van der Waals surface area contributed by atoms with Crippen molar-refractivity contribution in [3.05, 3.63) is 59.9 Å². The average molecular weight is 353 g/mol. The van der Waals surface area contributed by atoms with Crippen LogP contribution in [0.25, 0.3) is 0 Å². The van der Waals surface area contributed by atoms with Gasteiger partial charge in [0.1, 0.15) is 5.82 Å². The topological polar surface area (TPSA) is 35.6 Å². The molecule has 4 rings (SSSR count). The highest BCUT2D eigenvalue weighted by Crippen LogP contribution is 2.30. The molecule has 2 aromatic carbocycles. The van der Waals surface area contributed by atoms with Gasteiger partial charge in [-0.2, -0.15) is 0 Å². The second kappa shape index (κ2) is 7.46. The first kappa shape index (κ1) is 17.0. The monoisotopic (exact) mass is 353 g/mol. The van der Waals surface area contributed by atoms with Crippen molar-refractivity contribution in [1.82, 2.24) is 4.90 Å². The van der Waals surface area contributed by atoms with E-state index in [1.54, 1.807) is 0 Å². The van der Waals surface area contributed by atoms with Gasteiger partial charge in [0.15, 0.2) is 0 Å². The van der Waals surface area contributed by atoms with E-state index in [0.29, 0.717) is 5.56 Å². The van der Waals surface area contributed by atoms with Crippen molar-refractivity contribution < 1.29 is 9.18 Å². The number of hydrogen-bond donors (Lipinski definition) is 1. The van der Waals surface area contributed by atoms with E-state index in [-0.39, 0.29) is 11.7 Å². The van der Waals surface area contributed by atoms with Crippen molar-refractivity contribution in [2.45, 2.75) is 12.8 Å². The molecule has 1 aliphatic heterocycles. The second-order valence-electron chi connectivity index (χ2n) is 7.24. The molecule has 0 spiro atoms. The molecule has 1 amide bonds. The van der Waals surface area contributed by atoms with E-state index < -0.39 is 0 Å². The van der Waals surface area contributed by atoms with Crippen molar-refractivity contribution in [3.63, 3.8) is 0 Å². The molecule has 136 valence electrons. The Kier molecular flexibility index (Phi) is 4.89. The van der Waals surface area contributed by atoms with Gasteiger partial charge in [-0.15, -0.1) is 0 Å². The van der Waals surface area contributed by atoms with Crippen molar-refractivity contribution in [2.24, 2.45) is 5.92 Å². The predicted molar refractivity (Wildman–Crippen MR) is 102 cm³/mol. The molecule has 1 saturated carbocycles. The van der Waals surface area contributed by atoms with Gasteiger partial charge in [-0.25, -0.2) is 4.39 Å². The Hall–Kier alpha value is -2.40. The first-order chi connectivity index (χ1) is 12.7. The Morgan fingerprint density at radius 3 is 2.46 bits per heavy atom. The highest BCUT2D eigenvalue weighted by molar-refractivity contribution is 6.04. The van der Waals surface area contributed by atoms with E-state index in [4.69, 9.17) is 0 Å². The van der Waals surface area contributed by atoms with E-state index in [9.17, 15) is 9.18 Å². The fourth-order valence-corrected chi connectivity index (χ4v) is 3.44. The molecule has 1 N–H and O–H groups in total. The number of nitrogens with zero attached hydrogens (tertiary/aromatic N) is 2. The number of benzene rings is 2. The van der Waals surface area contributed by atoms with Gasteiger partial charge in [0.05, 0.1) is 0 Å². The zero-order valence-electron chi connectivity index (χ0n) is 14.8. The van der Waals surface area contributed by atoms with Crippen molar-refractivity contribution in [3.8, 4) is 0 Å². The standard InChI is InChI=1S/C21H24FN3O/c22-18-8-6-17(7-9-18)21(26)23-19-2-1-3-20(14-19)25-12-10-24(11-13-25)15-16-4-5-16/h1-3,6-9,14,16H,4-5,10-13,15H2,(H,23,26). The van der Waals surface area contributed by atoms with Gasteiger partial charge >= 0.3 is 0 Å². The number of nitrogens with one attached hydrogen (secondary N) is 1. The number of rotatable bonds is 5. The molecule has 2 aliphatic rings. The zero-order valence-corrected chi connectivity index (χ0v) is 14.8. The molecule has 0 aromatic heterocycles. The number of amides is 1. The number of piperazine rings is 1. The molecular weight excluding hydrogens is 329 g/mol. The molecule has 2 fully saturated rings. The maximum atomic E-state index is 13.0. The molecule has 1 saturated heterocycles. The fraction of sp³-hybridized carbons (Fsp3) is 0.381. The second-order valence-corrected chi connectivity index (χ2v) is 7.24. The van der Waals surface area contributed by atoms with Crippen LogP contribution in [0.2, 0.25) is 0 Å². The van der Waals surface area contributed by atoms with Crippen LogP contribution in [0.3, 0.4) is 0 Å². The van der Waals surface area contributed by atoms with Gasteiger partial charge < -0.3 is 10.2 Å². The number of anilines is 2. The van der Waals surface area contributed by atoms with Gasteiger partial charge in [-0.3, -0.25) is 9.69 Å². The van der Waals surface area contributed by atoms with Crippen LogP contribution in [-0.2, 0) is 0 Å². The summed E-state index contributed by atoms with van der Waals surface area (Å²) >= 11 is 0. The van der Waals surface area contributed by atoms with E-state index in [1.165, 1.54) is 43.7 Å². The Bertz CT molecular complexity index is 765. The highest BCUT2D eigenvalue weighted by Gasteiger charge is 2.26. The number of hydrogen-bond acceptors (Lipinski definition) is 3. The third-order valence-electron chi connectivity index (χ3n) is 5.16. The first-order valence-corrected chi connectivity index (χ1v) is 9.32. The minimum absolute atomic E-state index is 0.226. The van der Waals surface area contributed by atoms with Crippen LogP contribution in [-0.4, -0.2) is 43.5 Å². The molecule has 4 nitrogen and oxygen atoms in total. The maximum absolute atomic E-state index is 13.0. The normalized spacial score (nSPS) is 18.0.